The van der Waals surface area contributed by atoms with Crippen molar-refractivity contribution >= 4 is 45.4 Å². The number of hydrogen-bond donors (Lipinski definition) is 1. The second-order valence-corrected chi connectivity index (χ2v) is 10.7. The Morgan fingerprint density at radius 3 is 2.61 bits per heavy atom. The van der Waals surface area contributed by atoms with Crippen LogP contribution < -0.4 is 10.5 Å². The van der Waals surface area contributed by atoms with Crippen LogP contribution in [-0.2, 0) is 17.7 Å². The number of carbonyl (C=O) groups is 1. The first-order chi connectivity index (χ1) is 19.9. The van der Waals surface area contributed by atoms with Crippen molar-refractivity contribution in [1.29, 1.82) is 5.41 Å². The van der Waals surface area contributed by atoms with Crippen LogP contribution in [0.3, 0.4) is 0 Å². The fraction of sp³-hybridized carbons (Fsp3) is 0.250. The number of nitrogens with one attached hydrogen (secondary N) is 1. The monoisotopic (exact) mass is 567 g/mol. The zero-order valence-corrected chi connectivity index (χ0v) is 23.5. The average molecular weight is 568 g/mol. The quantitative estimate of drug-likeness (QED) is 0.253. The van der Waals surface area contributed by atoms with E-state index in [9.17, 15) is 9.59 Å². The predicted octanol–water partition coefficient (Wildman–Crippen LogP) is 5.74. The lowest BCUT2D eigenvalue weighted by Gasteiger charge is -2.28. The number of halogens is 1. The number of fused-ring (bicyclic) bond motifs is 2. The van der Waals surface area contributed by atoms with Gasteiger partial charge in [-0.1, -0.05) is 72.3 Å². The molecule has 0 radical (unpaired) electrons. The largest absolute Gasteiger partial charge is 0.461 e. The topological polar surface area (TPSA) is 92.7 Å². The van der Waals surface area contributed by atoms with Gasteiger partial charge in [0, 0.05) is 29.3 Å². The van der Waals surface area contributed by atoms with Gasteiger partial charge >= 0.3 is 5.97 Å². The summed E-state index contributed by atoms with van der Waals surface area (Å²) in [6.07, 6.45) is 3.55. The first kappa shape index (κ1) is 26.8. The molecule has 0 amide bonds. The van der Waals surface area contributed by atoms with Gasteiger partial charge in [0.25, 0.3) is 5.56 Å². The molecule has 0 spiro atoms. The molecule has 6 rings (SSSR count). The number of aromatic nitrogens is 3. The molecule has 208 valence electrons. The number of esters is 1. The van der Waals surface area contributed by atoms with Gasteiger partial charge in [-0.15, -0.1) is 5.10 Å². The van der Waals surface area contributed by atoms with Gasteiger partial charge in [-0.05, 0) is 47.7 Å². The Labute approximate surface area is 242 Å². The molecule has 0 bridgehead atoms. The Balaban J connectivity index is 1.59. The third-order valence-electron chi connectivity index (χ3n) is 7.58. The second-order valence-electron chi connectivity index (χ2n) is 10.3. The van der Waals surface area contributed by atoms with Crippen LogP contribution in [0.5, 0.6) is 0 Å². The molecule has 0 unspecified atom stereocenters. The molecule has 0 atom stereocenters. The van der Waals surface area contributed by atoms with Crippen LogP contribution in [0.1, 0.15) is 46.9 Å². The average Bonchev–Trinajstić information content (AvgIpc) is 3.34. The van der Waals surface area contributed by atoms with Crippen molar-refractivity contribution in [2.45, 2.75) is 32.7 Å². The highest BCUT2D eigenvalue weighted by Crippen LogP contribution is 2.30. The van der Waals surface area contributed by atoms with Crippen molar-refractivity contribution in [2.75, 3.05) is 24.6 Å². The number of hydrogen-bond acceptors (Lipinski definition) is 6. The van der Waals surface area contributed by atoms with Crippen molar-refractivity contribution in [2.24, 2.45) is 0 Å². The van der Waals surface area contributed by atoms with Gasteiger partial charge in [0.2, 0.25) is 0 Å². The zero-order chi connectivity index (χ0) is 28.5. The maximum absolute atomic E-state index is 14.5. The molecule has 41 heavy (non-hydrogen) atoms. The lowest BCUT2D eigenvalue weighted by Crippen LogP contribution is -2.36. The molecule has 1 aliphatic heterocycles. The van der Waals surface area contributed by atoms with Gasteiger partial charge in [-0.25, -0.2) is 9.31 Å². The maximum Gasteiger partial charge on any atom is 0.356 e. The van der Waals surface area contributed by atoms with Crippen LogP contribution in [0.25, 0.3) is 16.3 Å². The van der Waals surface area contributed by atoms with Gasteiger partial charge < -0.3 is 15.0 Å². The van der Waals surface area contributed by atoms with E-state index in [-0.39, 0.29) is 24.4 Å². The van der Waals surface area contributed by atoms with Crippen LogP contribution in [0.4, 0.5) is 5.82 Å². The number of piperidine rings is 1. The van der Waals surface area contributed by atoms with Gasteiger partial charge in [-0.3, -0.25) is 9.36 Å². The number of carbonyl (C=O) groups excluding carboxylic acids is 1. The summed E-state index contributed by atoms with van der Waals surface area (Å²) < 4.78 is 8.38. The molecular formula is C32H30ClN5O3. The maximum atomic E-state index is 14.5. The van der Waals surface area contributed by atoms with E-state index >= 15 is 0 Å². The van der Waals surface area contributed by atoms with E-state index in [0.29, 0.717) is 35.0 Å². The summed E-state index contributed by atoms with van der Waals surface area (Å²) in [5.41, 5.74) is 3.30. The van der Waals surface area contributed by atoms with Crippen LogP contribution >= 0.6 is 11.6 Å². The normalized spacial score (nSPS) is 13.7. The fourth-order valence-electron chi connectivity index (χ4n) is 5.63. The Hall–Kier alpha value is -4.43. The van der Waals surface area contributed by atoms with Crippen molar-refractivity contribution in [1.82, 2.24) is 14.2 Å². The number of benzene rings is 3. The van der Waals surface area contributed by atoms with Crippen LogP contribution in [-0.4, -0.2) is 45.6 Å². The van der Waals surface area contributed by atoms with E-state index in [1.165, 1.54) is 9.08 Å². The summed E-state index contributed by atoms with van der Waals surface area (Å²) in [7, 11) is 0. The summed E-state index contributed by atoms with van der Waals surface area (Å²) in [6.45, 7) is 3.26. The van der Waals surface area contributed by atoms with E-state index in [2.05, 4.69) is 0 Å². The van der Waals surface area contributed by atoms with Crippen LogP contribution in [0.2, 0.25) is 5.02 Å². The van der Waals surface area contributed by atoms with Crippen molar-refractivity contribution < 1.29 is 9.53 Å². The fourth-order valence-corrected chi connectivity index (χ4v) is 5.83. The molecule has 1 saturated heterocycles. The van der Waals surface area contributed by atoms with E-state index in [0.717, 1.165) is 46.8 Å². The highest BCUT2D eigenvalue weighted by Gasteiger charge is 2.27. The Morgan fingerprint density at radius 2 is 1.80 bits per heavy atom. The number of anilines is 1. The second kappa shape index (κ2) is 11.2. The molecule has 3 heterocycles. The summed E-state index contributed by atoms with van der Waals surface area (Å²) in [6, 6.07) is 21.5. The Bertz CT molecular complexity index is 1850. The van der Waals surface area contributed by atoms with Gasteiger partial charge in [0.15, 0.2) is 5.82 Å². The molecule has 9 heteroatoms. The van der Waals surface area contributed by atoms with Crippen molar-refractivity contribution in [3.05, 3.63) is 111 Å². The molecule has 8 nitrogen and oxygen atoms in total. The highest BCUT2D eigenvalue weighted by molar-refractivity contribution is 6.31. The Morgan fingerprint density at radius 1 is 1.05 bits per heavy atom. The van der Waals surface area contributed by atoms with Gasteiger partial charge in [-0.2, -0.15) is 0 Å². The SMILES string of the molecule is CCOC(=O)c1cn2nc(N3CCCC(=N)C3)c(Cc3ccccc3Cl)c2c(=O)n1Cc1cccc2ccccc12. The molecule has 1 aliphatic rings. The van der Waals surface area contributed by atoms with Crippen molar-refractivity contribution in [3.63, 3.8) is 0 Å². The van der Waals surface area contributed by atoms with E-state index in [1.807, 2.05) is 71.6 Å². The molecule has 3 aromatic carbocycles. The minimum absolute atomic E-state index is 0.127. The molecule has 2 aromatic heterocycles. The zero-order valence-electron chi connectivity index (χ0n) is 22.8. The molecule has 5 aromatic rings. The molecule has 1 N–H and O–H groups in total. The molecule has 0 saturated carbocycles. The molecular weight excluding hydrogens is 538 g/mol. The lowest BCUT2D eigenvalue weighted by atomic mass is 10.0. The molecule has 0 aliphatic carbocycles. The Kier molecular flexibility index (Phi) is 7.32. The summed E-state index contributed by atoms with van der Waals surface area (Å²) in [4.78, 5) is 29.7. The number of ether oxygens (including phenoxy) is 1. The third-order valence-corrected chi connectivity index (χ3v) is 7.95. The predicted molar refractivity (Wildman–Crippen MR) is 162 cm³/mol. The van der Waals surface area contributed by atoms with Crippen molar-refractivity contribution in [3.8, 4) is 0 Å². The van der Waals surface area contributed by atoms with Crippen LogP contribution in [0, 0.1) is 5.41 Å². The van der Waals surface area contributed by atoms with E-state index in [4.69, 9.17) is 26.8 Å². The first-order valence-electron chi connectivity index (χ1n) is 13.8. The summed E-state index contributed by atoms with van der Waals surface area (Å²) in [5, 5.41) is 15.8. The third kappa shape index (κ3) is 5.11. The minimum atomic E-state index is -0.587. The first-order valence-corrected chi connectivity index (χ1v) is 14.2. The van der Waals surface area contributed by atoms with E-state index in [1.54, 1.807) is 13.1 Å². The lowest BCUT2D eigenvalue weighted by molar-refractivity contribution is 0.0511. The number of rotatable bonds is 7. The summed E-state index contributed by atoms with van der Waals surface area (Å²) in [5.74, 6) is 0.0420. The standard InChI is InChI=1S/C32H30ClN5O3/c1-2-41-32(40)28-20-38-29(31(39)37(28)18-23-12-7-11-21-9-3-5-14-25(21)23)26(17-22-10-4-6-15-27(22)33)30(35-38)36-16-8-13-24(34)19-36/h3-7,9-12,14-15,20,34H,2,8,13,16-19H2,1H3. The molecule has 1 fully saturated rings. The van der Waals surface area contributed by atoms with Gasteiger partial charge in [0.05, 0.1) is 25.9 Å². The summed E-state index contributed by atoms with van der Waals surface area (Å²) >= 11 is 6.57. The number of nitrogens with zero attached hydrogens (tertiary/aromatic N) is 4. The minimum Gasteiger partial charge on any atom is -0.461 e. The smallest absolute Gasteiger partial charge is 0.356 e. The van der Waals surface area contributed by atoms with Gasteiger partial charge in [0.1, 0.15) is 11.2 Å². The highest BCUT2D eigenvalue weighted by atomic mass is 35.5. The van der Waals surface area contributed by atoms with E-state index < -0.39 is 5.97 Å². The van der Waals surface area contributed by atoms with Crippen LogP contribution in [0.15, 0.2) is 77.7 Å².